The Balaban J connectivity index is -0.000000145. The first-order chi connectivity index (χ1) is 12.3. The van der Waals surface area contributed by atoms with Gasteiger partial charge in [0.1, 0.15) is 5.78 Å². The molecule has 0 rings (SSSR count). The van der Waals surface area contributed by atoms with Gasteiger partial charge in [0.2, 0.25) is 0 Å². The van der Waals surface area contributed by atoms with Crippen molar-refractivity contribution in [2.24, 2.45) is 27.6 Å². The molecule has 0 aliphatic heterocycles. The van der Waals surface area contributed by atoms with Gasteiger partial charge in [-0.05, 0) is 34.5 Å². The van der Waals surface area contributed by atoms with Crippen LogP contribution < -0.4 is 0 Å². The molecule has 29 heavy (non-hydrogen) atoms. The van der Waals surface area contributed by atoms with Crippen molar-refractivity contribution in [3.8, 4) is 0 Å². The van der Waals surface area contributed by atoms with E-state index in [1.165, 1.54) is 6.42 Å². The lowest BCUT2D eigenvalue weighted by Gasteiger charge is -2.22. The molecule has 0 spiro atoms. The zero-order valence-electron chi connectivity index (χ0n) is 23.0. The van der Waals surface area contributed by atoms with Gasteiger partial charge in [0.15, 0.2) is 0 Å². The summed E-state index contributed by atoms with van der Waals surface area (Å²) < 4.78 is 0. The first-order valence-electron chi connectivity index (χ1n) is 11.1. The van der Waals surface area contributed by atoms with E-state index in [0.29, 0.717) is 17.3 Å². The zero-order valence-corrected chi connectivity index (χ0v) is 23.0. The summed E-state index contributed by atoms with van der Waals surface area (Å²) in [5.41, 5.74) is 1.14. The summed E-state index contributed by atoms with van der Waals surface area (Å²) in [6.45, 7) is 33.8. The van der Waals surface area contributed by atoms with E-state index >= 15 is 0 Å². The molecule has 0 saturated heterocycles. The van der Waals surface area contributed by atoms with Crippen molar-refractivity contribution in [3.05, 3.63) is 0 Å². The van der Waals surface area contributed by atoms with Gasteiger partial charge < -0.3 is 9.90 Å². The number of Topliss-reactive ketones (excluding diaryl/α,β-unsaturated/α-hetero) is 1. The van der Waals surface area contributed by atoms with Gasteiger partial charge in [0, 0.05) is 6.42 Å². The van der Waals surface area contributed by atoms with Gasteiger partial charge in [-0.3, -0.25) is 4.79 Å². The van der Waals surface area contributed by atoms with Crippen LogP contribution in [0.4, 0.5) is 0 Å². The van der Waals surface area contributed by atoms with Gasteiger partial charge in [-0.2, -0.15) is 0 Å². The summed E-state index contributed by atoms with van der Waals surface area (Å²) >= 11 is 0. The van der Waals surface area contributed by atoms with Crippen molar-refractivity contribution in [3.63, 3.8) is 0 Å². The molecule has 0 aromatic rings. The number of rotatable bonds is 2. The normalized spacial score (nSPS) is 11.9. The third-order valence-electron chi connectivity index (χ3n) is 4.25. The molecule has 0 aromatic heterocycles. The topological polar surface area (TPSA) is 54.4 Å². The Bertz CT molecular complexity index is 393. The van der Waals surface area contributed by atoms with E-state index in [2.05, 4.69) is 83.1 Å². The molecule has 0 saturated carbocycles. The number of carbonyl (C=O) groups excluding carboxylic acids is 1. The molecule has 0 bridgehead atoms. The maximum absolute atomic E-state index is 10.5. The summed E-state index contributed by atoms with van der Waals surface area (Å²) in [4.78, 5) is 20.5. The fraction of sp³-hybridized carbons (Fsp3) is 0.923. The van der Waals surface area contributed by atoms with E-state index < -0.39 is 5.97 Å². The van der Waals surface area contributed by atoms with E-state index in [9.17, 15) is 9.59 Å². The average molecular weight is 417 g/mol. The van der Waals surface area contributed by atoms with E-state index in [1.54, 1.807) is 6.92 Å². The standard InChI is InChI=1S/C7H14O.C7H16.C6H12O2.C6H14/c1-6(8)5-7(2,3)4;1-6(2)7(3,4)5;1-6(2,3)4-5(7)8;1-5-6(2,3)4/h5H2,1-4H3;6H,1-5H3;4H2,1-3H3,(H,7,8);5H2,1-4H3. The molecule has 0 unspecified atom stereocenters. The number of carboxylic acids is 1. The Morgan fingerprint density at radius 2 is 0.931 bits per heavy atom. The van der Waals surface area contributed by atoms with E-state index in [4.69, 9.17) is 5.11 Å². The summed E-state index contributed by atoms with van der Waals surface area (Å²) in [7, 11) is 0. The predicted octanol–water partition coefficient (Wildman–Crippen LogP) is 8.65. The fourth-order valence-electron chi connectivity index (χ4n) is 1.20. The van der Waals surface area contributed by atoms with Crippen molar-refractivity contribution < 1.29 is 14.7 Å². The van der Waals surface area contributed by atoms with E-state index in [-0.39, 0.29) is 23.0 Å². The van der Waals surface area contributed by atoms with Crippen LogP contribution in [0, 0.1) is 27.6 Å². The maximum Gasteiger partial charge on any atom is 0.303 e. The Morgan fingerprint density at radius 1 is 0.690 bits per heavy atom. The van der Waals surface area contributed by atoms with Gasteiger partial charge in [-0.25, -0.2) is 0 Å². The minimum absolute atomic E-state index is 0.0775. The quantitative estimate of drug-likeness (QED) is 0.490. The lowest BCUT2D eigenvalue weighted by atomic mass is 9.84. The number of ketones is 1. The number of carbonyl (C=O) groups is 2. The summed E-state index contributed by atoms with van der Waals surface area (Å²) in [6, 6.07) is 0. The minimum Gasteiger partial charge on any atom is -0.481 e. The Hall–Kier alpha value is -0.860. The predicted molar refractivity (Wildman–Crippen MR) is 130 cm³/mol. The van der Waals surface area contributed by atoms with Crippen molar-refractivity contribution >= 4 is 11.8 Å². The molecular formula is C26H56O3. The summed E-state index contributed by atoms with van der Waals surface area (Å²) in [5, 5.41) is 8.25. The van der Waals surface area contributed by atoms with Crippen molar-refractivity contribution in [2.75, 3.05) is 0 Å². The van der Waals surface area contributed by atoms with Gasteiger partial charge in [0.25, 0.3) is 0 Å². The lowest BCUT2D eigenvalue weighted by molar-refractivity contribution is -0.139. The maximum atomic E-state index is 10.5. The Kier molecular flexibility index (Phi) is 18.4. The van der Waals surface area contributed by atoms with E-state index in [0.717, 1.165) is 5.92 Å². The molecule has 0 atom stereocenters. The molecule has 0 heterocycles. The van der Waals surface area contributed by atoms with Crippen LogP contribution in [0.3, 0.4) is 0 Å². The molecule has 0 aliphatic rings. The summed E-state index contributed by atoms with van der Waals surface area (Å²) in [5.74, 6) is 0.350. The lowest BCUT2D eigenvalue weighted by Crippen LogP contribution is -2.12. The number of hydrogen-bond donors (Lipinski definition) is 1. The molecule has 0 amide bonds. The third kappa shape index (κ3) is 52.1. The fourth-order valence-corrected chi connectivity index (χ4v) is 1.20. The second-order valence-corrected chi connectivity index (χ2v) is 13.0. The third-order valence-corrected chi connectivity index (χ3v) is 4.25. The number of hydrogen-bond acceptors (Lipinski definition) is 2. The van der Waals surface area contributed by atoms with E-state index in [1.807, 2.05) is 20.8 Å². The molecule has 1 N–H and O–H groups in total. The summed E-state index contributed by atoms with van der Waals surface area (Å²) in [6.07, 6.45) is 2.20. The molecule has 0 aromatic carbocycles. The van der Waals surface area contributed by atoms with Gasteiger partial charge in [-0.1, -0.05) is 110 Å². The van der Waals surface area contributed by atoms with Crippen LogP contribution in [-0.2, 0) is 9.59 Å². The Morgan fingerprint density at radius 3 is 0.931 bits per heavy atom. The smallest absolute Gasteiger partial charge is 0.303 e. The second-order valence-electron chi connectivity index (χ2n) is 13.0. The van der Waals surface area contributed by atoms with Crippen molar-refractivity contribution in [1.29, 1.82) is 0 Å². The van der Waals surface area contributed by atoms with Crippen LogP contribution in [-0.4, -0.2) is 16.9 Å². The van der Waals surface area contributed by atoms with Crippen LogP contribution in [0.25, 0.3) is 0 Å². The Labute approximate surface area is 184 Å². The highest BCUT2D eigenvalue weighted by molar-refractivity contribution is 5.76. The molecular weight excluding hydrogens is 360 g/mol. The number of aliphatic carboxylic acids is 1. The van der Waals surface area contributed by atoms with Crippen molar-refractivity contribution in [2.45, 2.75) is 130 Å². The SMILES string of the molecule is CC(=O)CC(C)(C)C.CC(C)(C)CC(=O)O.CC(C)C(C)(C)C.CCC(C)(C)C. The molecule has 3 heteroatoms. The van der Waals surface area contributed by atoms with Crippen LogP contribution in [0.5, 0.6) is 0 Å². The molecule has 178 valence electrons. The van der Waals surface area contributed by atoms with Gasteiger partial charge in [0.05, 0.1) is 6.42 Å². The average Bonchev–Trinajstić information content (AvgIpc) is 2.32. The van der Waals surface area contributed by atoms with Crippen molar-refractivity contribution in [1.82, 2.24) is 0 Å². The highest BCUT2D eigenvalue weighted by atomic mass is 16.4. The van der Waals surface area contributed by atoms with Crippen LogP contribution in [0.15, 0.2) is 0 Å². The highest BCUT2D eigenvalue weighted by Gasteiger charge is 2.14. The first-order valence-corrected chi connectivity index (χ1v) is 11.1. The van der Waals surface area contributed by atoms with Crippen LogP contribution in [0.2, 0.25) is 0 Å². The molecule has 0 radical (unpaired) electrons. The largest absolute Gasteiger partial charge is 0.481 e. The second kappa shape index (κ2) is 15.0. The monoisotopic (exact) mass is 416 g/mol. The highest BCUT2D eigenvalue weighted by Crippen LogP contribution is 2.23. The molecule has 0 aliphatic carbocycles. The van der Waals surface area contributed by atoms with Gasteiger partial charge in [-0.15, -0.1) is 0 Å². The minimum atomic E-state index is -0.725. The number of carboxylic acid groups (broad SMARTS) is 1. The van der Waals surface area contributed by atoms with Crippen LogP contribution >= 0.6 is 0 Å². The zero-order chi connectivity index (χ0) is 24.9. The van der Waals surface area contributed by atoms with Gasteiger partial charge >= 0.3 is 5.97 Å². The first kappa shape index (κ1) is 35.6. The van der Waals surface area contributed by atoms with Crippen LogP contribution in [0.1, 0.15) is 130 Å². The molecule has 3 nitrogen and oxygen atoms in total. The molecule has 0 fully saturated rings.